The predicted molar refractivity (Wildman–Crippen MR) is 65.4 cm³/mol. The summed E-state index contributed by atoms with van der Waals surface area (Å²) in [5.41, 5.74) is 0. The average Bonchev–Trinajstić information content (AvgIpc) is 2.73. The van der Waals surface area contributed by atoms with Gasteiger partial charge in [-0.15, -0.1) is 11.3 Å². The number of hydrogen-bond donors (Lipinski definition) is 0. The Kier molecular flexibility index (Phi) is 3.65. The van der Waals surface area contributed by atoms with Gasteiger partial charge in [-0.3, -0.25) is 4.90 Å². The first-order chi connectivity index (χ1) is 7.19. The molecule has 1 fully saturated rings. The molecule has 2 nitrogen and oxygen atoms in total. The molecule has 2 heterocycles. The summed E-state index contributed by atoms with van der Waals surface area (Å²) in [6, 6.07) is 0.751. The molecule has 1 aliphatic rings. The van der Waals surface area contributed by atoms with Crippen molar-refractivity contribution >= 4 is 22.9 Å². The Hall–Kier alpha value is -0.120. The molecule has 0 aromatic carbocycles. The monoisotopic (exact) mass is 244 g/mol. The number of halogens is 1. The Morgan fingerprint density at radius 1 is 1.67 bits per heavy atom. The number of thiazole rings is 1. The third kappa shape index (κ3) is 2.71. The van der Waals surface area contributed by atoms with Gasteiger partial charge in [0.15, 0.2) is 4.47 Å². The maximum Gasteiger partial charge on any atom is 0.183 e. The number of likely N-dealkylation sites (tertiary alicyclic amines) is 1. The molecule has 0 aliphatic carbocycles. The predicted octanol–water partition coefficient (Wildman–Crippen LogP) is 3.42. The van der Waals surface area contributed by atoms with E-state index >= 15 is 0 Å². The smallest absolute Gasteiger partial charge is 0.183 e. The van der Waals surface area contributed by atoms with Gasteiger partial charge >= 0.3 is 0 Å². The fourth-order valence-electron chi connectivity index (χ4n) is 2.41. The van der Waals surface area contributed by atoms with E-state index in [1.165, 1.54) is 24.3 Å². The zero-order valence-electron chi connectivity index (χ0n) is 9.24. The summed E-state index contributed by atoms with van der Waals surface area (Å²) in [6.45, 7) is 6.85. The van der Waals surface area contributed by atoms with Gasteiger partial charge in [-0.05, 0) is 18.8 Å². The Morgan fingerprint density at radius 2 is 2.47 bits per heavy atom. The van der Waals surface area contributed by atoms with Gasteiger partial charge in [-0.25, -0.2) is 4.98 Å². The minimum absolute atomic E-state index is 0.658. The first-order valence-electron chi connectivity index (χ1n) is 5.53. The van der Waals surface area contributed by atoms with Crippen molar-refractivity contribution in [3.63, 3.8) is 0 Å². The highest BCUT2D eigenvalue weighted by atomic mass is 35.5. The Balaban J connectivity index is 1.99. The molecule has 0 amide bonds. The summed E-state index contributed by atoms with van der Waals surface area (Å²) < 4.78 is 0.658. The molecule has 2 rings (SSSR count). The van der Waals surface area contributed by atoms with E-state index in [2.05, 4.69) is 23.7 Å². The molecule has 1 aliphatic heterocycles. The Labute approximate surface area is 100 Å². The summed E-state index contributed by atoms with van der Waals surface area (Å²) in [4.78, 5) is 7.93. The molecule has 0 saturated carbocycles. The third-order valence-corrected chi connectivity index (χ3v) is 4.19. The second kappa shape index (κ2) is 4.81. The molecule has 15 heavy (non-hydrogen) atoms. The van der Waals surface area contributed by atoms with Gasteiger partial charge in [-0.2, -0.15) is 0 Å². The van der Waals surface area contributed by atoms with Crippen LogP contribution in [0, 0.1) is 5.92 Å². The standard InChI is InChI=1S/C11H17ClN2S/c1-3-9-4-8(2)6-14(9)7-10-5-13-11(12)15-10/h5,8-9H,3-4,6-7H2,1-2H3. The molecule has 0 bridgehead atoms. The third-order valence-electron chi connectivity index (χ3n) is 3.09. The highest BCUT2D eigenvalue weighted by molar-refractivity contribution is 7.15. The maximum absolute atomic E-state index is 5.83. The number of nitrogens with zero attached hydrogens (tertiary/aromatic N) is 2. The van der Waals surface area contributed by atoms with Crippen molar-refractivity contribution in [2.45, 2.75) is 39.3 Å². The fourth-order valence-corrected chi connectivity index (χ4v) is 3.42. The van der Waals surface area contributed by atoms with E-state index in [9.17, 15) is 0 Å². The number of hydrogen-bond acceptors (Lipinski definition) is 3. The molecule has 2 unspecified atom stereocenters. The number of rotatable bonds is 3. The molecular formula is C11H17ClN2S. The normalized spacial score (nSPS) is 27.4. The molecule has 84 valence electrons. The van der Waals surface area contributed by atoms with Crippen molar-refractivity contribution in [3.8, 4) is 0 Å². The van der Waals surface area contributed by atoms with Gasteiger partial charge in [-0.1, -0.05) is 25.4 Å². The van der Waals surface area contributed by atoms with Gasteiger partial charge in [0.2, 0.25) is 0 Å². The quantitative estimate of drug-likeness (QED) is 0.810. The second-order valence-corrected chi connectivity index (χ2v) is 6.11. The molecule has 4 heteroatoms. The minimum Gasteiger partial charge on any atom is -0.295 e. The summed E-state index contributed by atoms with van der Waals surface area (Å²) in [5.74, 6) is 0.832. The number of aromatic nitrogens is 1. The molecule has 1 aromatic heterocycles. The minimum atomic E-state index is 0.658. The first-order valence-corrected chi connectivity index (χ1v) is 6.72. The van der Waals surface area contributed by atoms with Gasteiger partial charge in [0, 0.05) is 30.2 Å². The van der Waals surface area contributed by atoms with Crippen molar-refractivity contribution in [2.75, 3.05) is 6.54 Å². The van der Waals surface area contributed by atoms with Gasteiger partial charge in [0.1, 0.15) is 0 Å². The van der Waals surface area contributed by atoms with Crippen LogP contribution in [0.25, 0.3) is 0 Å². The van der Waals surface area contributed by atoms with E-state index < -0.39 is 0 Å². The average molecular weight is 245 g/mol. The van der Waals surface area contributed by atoms with Crippen LogP contribution in [0.4, 0.5) is 0 Å². The Morgan fingerprint density at radius 3 is 3.07 bits per heavy atom. The molecule has 1 aromatic rings. The topological polar surface area (TPSA) is 16.1 Å². The second-order valence-electron chi connectivity index (χ2n) is 4.41. The zero-order chi connectivity index (χ0) is 10.8. The summed E-state index contributed by atoms with van der Waals surface area (Å²) in [6.07, 6.45) is 4.49. The van der Waals surface area contributed by atoms with Crippen LogP contribution in [0.1, 0.15) is 31.6 Å². The van der Waals surface area contributed by atoms with Gasteiger partial charge in [0.05, 0.1) is 0 Å². The molecule has 0 N–H and O–H groups in total. The largest absolute Gasteiger partial charge is 0.295 e. The van der Waals surface area contributed by atoms with Crippen molar-refractivity contribution < 1.29 is 0 Å². The van der Waals surface area contributed by atoms with Crippen LogP contribution < -0.4 is 0 Å². The van der Waals surface area contributed by atoms with Crippen LogP contribution >= 0.6 is 22.9 Å². The van der Waals surface area contributed by atoms with Crippen molar-refractivity contribution in [2.24, 2.45) is 5.92 Å². The van der Waals surface area contributed by atoms with Crippen LogP contribution in [0.15, 0.2) is 6.20 Å². The lowest BCUT2D eigenvalue weighted by molar-refractivity contribution is 0.239. The molecule has 1 saturated heterocycles. The molecule has 0 radical (unpaired) electrons. The summed E-state index contributed by atoms with van der Waals surface area (Å²) in [5, 5.41) is 0. The van der Waals surface area contributed by atoms with Crippen LogP contribution in [0.3, 0.4) is 0 Å². The molecule has 0 spiro atoms. The lowest BCUT2D eigenvalue weighted by atomic mass is 10.1. The SMILES string of the molecule is CCC1CC(C)CN1Cc1cnc(Cl)s1. The first kappa shape index (κ1) is 11.4. The van der Waals surface area contributed by atoms with E-state index in [1.54, 1.807) is 11.3 Å². The lowest BCUT2D eigenvalue weighted by Gasteiger charge is -2.22. The fraction of sp³-hybridized carbons (Fsp3) is 0.727. The van der Waals surface area contributed by atoms with Crippen LogP contribution in [-0.2, 0) is 6.54 Å². The lowest BCUT2D eigenvalue weighted by Crippen LogP contribution is -2.27. The Bertz CT molecular complexity index is 326. The van der Waals surface area contributed by atoms with E-state index in [1.807, 2.05) is 6.20 Å². The van der Waals surface area contributed by atoms with Crippen molar-refractivity contribution in [1.82, 2.24) is 9.88 Å². The molecule has 2 atom stereocenters. The van der Waals surface area contributed by atoms with E-state index in [4.69, 9.17) is 11.6 Å². The zero-order valence-corrected chi connectivity index (χ0v) is 10.8. The van der Waals surface area contributed by atoms with Gasteiger partial charge < -0.3 is 0 Å². The maximum atomic E-state index is 5.83. The summed E-state index contributed by atoms with van der Waals surface area (Å²) in [7, 11) is 0. The molecular weight excluding hydrogens is 228 g/mol. The van der Waals surface area contributed by atoms with E-state index in [0.29, 0.717) is 4.47 Å². The highest BCUT2D eigenvalue weighted by Gasteiger charge is 2.28. The van der Waals surface area contributed by atoms with E-state index in [0.717, 1.165) is 18.5 Å². The van der Waals surface area contributed by atoms with Gasteiger partial charge in [0.25, 0.3) is 0 Å². The van der Waals surface area contributed by atoms with Crippen LogP contribution in [0.2, 0.25) is 4.47 Å². The van der Waals surface area contributed by atoms with Crippen molar-refractivity contribution in [3.05, 3.63) is 15.5 Å². The van der Waals surface area contributed by atoms with Crippen molar-refractivity contribution in [1.29, 1.82) is 0 Å². The van der Waals surface area contributed by atoms with E-state index in [-0.39, 0.29) is 0 Å². The van der Waals surface area contributed by atoms with Crippen LogP contribution in [0.5, 0.6) is 0 Å². The highest BCUT2D eigenvalue weighted by Crippen LogP contribution is 2.28. The summed E-state index contributed by atoms with van der Waals surface area (Å²) >= 11 is 7.43. The van der Waals surface area contributed by atoms with Crippen LogP contribution in [-0.4, -0.2) is 22.5 Å².